The lowest BCUT2D eigenvalue weighted by molar-refractivity contribution is -0.192. The highest BCUT2D eigenvalue weighted by Crippen LogP contribution is 2.32. The molecular weight excluding hydrogens is 612 g/mol. The Morgan fingerprint density at radius 2 is 1.63 bits per heavy atom. The molecule has 222 valence electrons. The Labute approximate surface area is 247 Å². The molecule has 0 spiro atoms. The van der Waals surface area contributed by atoms with E-state index in [1.807, 2.05) is 24.1 Å². The van der Waals surface area contributed by atoms with Crippen LogP contribution in [0.3, 0.4) is 0 Å². The third-order valence-corrected chi connectivity index (χ3v) is 7.57. The molecule has 16 heteroatoms. The van der Waals surface area contributed by atoms with Crippen molar-refractivity contribution in [3.05, 3.63) is 69.7 Å². The molecular formula is C25H25Cl2F3N4O6S. The number of rotatable bonds is 7. The summed E-state index contributed by atoms with van der Waals surface area (Å²) in [7, 11) is 1.87. The van der Waals surface area contributed by atoms with E-state index < -0.39 is 17.6 Å². The molecule has 2 atom stereocenters. The molecule has 2 unspecified atom stereocenters. The summed E-state index contributed by atoms with van der Waals surface area (Å²) < 4.78 is 38.8. The van der Waals surface area contributed by atoms with Gasteiger partial charge in [-0.3, -0.25) is 23.7 Å². The van der Waals surface area contributed by atoms with Gasteiger partial charge in [0.1, 0.15) is 6.04 Å². The summed E-state index contributed by atoms with van der Waals surface area (Å²) in [6, 6.07) is 12.9. The van der Waals surface area contributed by atoms with Crippen molar-refractivity contribution in [2.45, 2.75) is 37.1 Å². The summed E-state index contributed by atoms with van der Waals surface area (Å²) in [6.07, 6.45) is -3.44. The fraction of sp³-hybridized carbons (Fsp3) is 0.360. The van der Waals surface area contributed by atoms with Crippen LogP contribution in [0.1, 0.15) is 28.8 Å². The SMILES string of the molecule is CN1CCCC1C(=O)OCN1C(=O)N(Cc2ccc(Cl)cc2)SC1NC(=O)c1ccc(Cl)cc1.O=C(O)C(F)(F)F. The first-order chi connectivity index (χ1) is 19.3. The summed E-state index contributed by atoms with van der Waals surface area (Å²) in [5.74, 6) is -3.51. The van der Waals surface area contributed by atoms with E-state index in [0.29, 0.717) is 22.2 Å². The maximum atomic E-state index is 13.2. The molecule has 2 saturated heterocycles. The maximum Gasteiger partial charge on any atom is 0.490 e. The first-order valence-electron chi connectivity index (χ1n) is 12.0. The molecule has 3 amide bonds. The largest absolute Gasteiger partial charge is 0.490 e. The molecule has 41 heavy (non-hydrogen) atoms. The number of amides is 3. The fourth-order valence-electron chi connectivity index (χ4n) is 3.79. The molecule has 2 N–H and O–H groups in total. The van der Waals surface area contributed by atoms with Gasteiger partial charge < -0.3 is 15.2 Å². The number of halogens is 5. The number of aliphatic carboxylic acids is 1. The van der Waals surface area contributed by atoms with Crippen LogP contribution in [0.5, 0.6) is 0 Å². The van der Waals surface area contributed by atoms with Gasteiger partial charge in [-0.2, -0.15) is 13.2 Å². The Balaban J connectivity index is 0.000000587. The highest BCUT2D eigenvalue weighted by Gasteiger charge is 2.41. The van der Waals surface area contributed by atoms with Crippen LogP contribution in [-0.2, 0) is 20.9 Å². The fourth-order valence-corrected chi connectivity index (χ4v) is 5.12. The Morgan fingerprint density at radius 3 is 2.15 bits per heavy atom. The number of likely N-dealkylation sites (N-methyl/N-ethyl adjacent to an activating group) is 1. The highest BCUT2D eigenvalue weighted by molar-refractivity contribution is 7.98. The quantitative estimate of drug-likeness (QED) is 0.328. The number of carboxylic acids is 1. The standard InChI is InChI=1S/C23H24Cl2N4O4S.C2HF3O2/c1-27-12-2-3-19(27)21(31)33-14-28-22(26-20(30)16-6-10-18(25)11-7-16)34-29(23(28)32)13-15-4-8-17(24)9-5-15;3-2(4,5)1(6)7/h4-11,19,22H,2-3,12-14H2,1H3,(H,26,30);(H,6,7). The van der Waals surface area contributed by atoms with Gasteiger partial charge in [-0.1, -0.05) is 35.3 Å². The second kappa shape index (κ2) is 14.1. The van der Waals surface area contributed by atoms with Gasteiger partial charge >= 0.3 is 24.1 Å². The third-order valence-electron chi connectivity index (χ3n) is 5.95. The number of hydrogen-bond acceptors (Lipinski definition) is 7. The first kappa shape index (κ1) is 32.3. The number of urea groups is 1. The number of alkyl halides is 3. The Morgan fingerprint density at radius 1 is 1.07 bits per heavy atom. The molecule has 0 aliphatic carbocycles. The van der Waals surface area contributed by atoms with Gasteiger partial charge in [-0.25, -0.2) is 9.59 Å². The zero-order chi connectivity index (χ0) is 30.3. The van der Waals surface area contributed by atoms with E-state index >= 15 is 0 Å². The summed E-state index contributed by atoms with van der Waals surface area (Å²) in [6.45, 7) is 0.856. The second-order valence-corrected chi connectivity index (χ2v) is 10.9. The van der Waals surface area contributed by atoms with Gasteiger partial charge in [0.25, 0.3) is 5.91 Å². The van der Waals surface area contributed by atoms with Crippen LogP contribution in [0.2, 0.25) is 10.0 Å². The number of ether oxygens (including phenoxy) is 1. The van der Waals surface area contributed by atoms with E-state index in [2.05, 4.69) is 5.32 Å². The number of esters is 1. The van der Waals surface area contributed by atoms with E-state index in [1.165, 1.54) is 9.21 Å². The molecule has 2 aliphatic heterocycles. The van der Waals surface area contributed by atoms with Crippen LogP contribution in [0, 0.1) is 0 Å². The number of carbonyl (C=O) groups excluding carboxylic acids is 3. The summed E-state index contributed by atoms with van der Waals surface area (Å²) in [4.78, 5) is 50.7. The van der Waals surface area contributed by atoms with Gasteiger partial charge in [0, 0.05) is 27.6 Å². The number of nitrogens with zero attached hydrogens (tertiary/aromatic N) is 3. The number of carbonyl (C=O) groups is 4. The summed E-state index contributed by atoms with van der Waals surface area (Å²) >= 11 is 13.0. The normalized spacial score (nSPS) is 19.0. The van der Waals surface area contributed by atoms with Crippen molar-refractivity contribution in [3.8, 4) is 0 Å². The van der Waals surface area contributed by atoms with Crippen LogP contribution in [-0.4, -0.2) is 81.1 Å². The van der Waals surface area contributed by atoms with E-state index in [9.17, 15) is 27.6 Å². The van der Waals surface area contributed by atoms with Crippen molar-refractivity contribution in [2.75, 3.05) is 20.3 Å². The van der Waals surface area contributed by atoms with Crippen molar-refractivity contribution in [1.29, 1.82) is 0 Å². The summed E-state index contributed by atoms with van der Waals surface area (Å²) in [5, 5.41) is 11.1. The second-order valence-electron chi connectivity index (χ2n) is 8.89. The minimum absolute atomic E-state index is 0.266. The molecule has 0 aromatic heterocycles. The highest BCUT2D eigenvalue weighted by atomic mass is 35.5. The molecule has 2 aromatic rings. The third kappa shape index (κ3) is 9.15. The van der Waals surface area contributed by atoms with Crippen molar-refractivity contribution < 1.29 is 42.2 Å². The number of benzene rings is 2. The minimum atomic E-state index is -5.08. The molecule has 0 bridgehead atoms. The van der Waals surface area contributed by atoms with Crippen molar-refractivity contribution in [1.82, 2.24) is 19.4 Å². The van der Waals surface area contributed by atoms with Gasteiger partial charge in [-0.05, 0) is 68.4 Å². The van der Waals surface area contributed by atoms with Gasteiger partial charge in [0.05, 0.1) is 6.54 Å². The zero-order valence-electron chi connectivity index (χ0n) is 21.4. The Hall–Kier alpha value is -3.20. The average Bonchev–Trinajstić information content (AvgIpc) is 3.46. The van der Waals surface area contributed by atoms with Crippen molar-refractivity contribution in [2.24, 2.45) is 0 Å². The van der Waals surface area contributed by atoms with E-state index in [-0.39, 0.29) is 30.7 Å². The predicted molar refractivity (Wildman–Crippen MR) is 145 cm³/mol. The molecule has 10 nitrogen and oxygen atoms in total. The van der Waals surface area contributed by atoms with Crippen LogP contribution < -0.4 is 5.32 Å². The number of nitrogens with one attached hydrogen (secondary N) is 1. The molecule has 2 aromatic carbocycles. The molecule has 2 aliphatic rings. The monoisotopic (exact) mass is 636 g/mol. The molecule has 0 radical (unpaired) electrons. The van der Waals surface area contributed by atoms with Crippen molar-refractivity contribution >= 4 is 59.0 Å². The zero-order valence-corrected chi connectivity index (χ0v) is 23.8. The first-order valence-corrected chi connectivity index (χ1v) is 13.6. The molecule has 4 rings (SSSR count). The number of carboxylic acid groups (broad SMARTS) is 1. The number of hydrogen-bond donors (Lipinski definition) is 2. The topological polar surface area (TPSA) is 119 Å². The minimum Gasteiger partial charge on any atom is -0.475 e. The molecule has 2 heterocycles. The van der Waals surface area contributed by atoms with E-state index in [4.69, 9.17) is 37.8 Å². The van der Waals surface area contributed by atoms with Crippen LogP contribution in [0.25, 0.3) is 0 Å². The Bertz CT molecular complexity index is 1250. The van der Waals surface area contributed by atoms with Crippen LogP contribution in [0.4, 0.5) is 18.0 Å². The van der Waals surface area contributed by atoms with Gasteiger partial charge in [-0.15, -0.1) is 0 Å². The number of likely N-dealkylation sites (tertiary alicyclic amines) is 1. The average molecular weight is 637 g/mol. The van der Waals surface area contributed by atoms with E-state index in [0.717, 1.165) is 36.9 Å². The van der Waals surface area contributed by atoms with Crippen molar-refractivity contribution in [3.63, 3.8) is 0 Å². The summed E-state index contributed by atoms with van der Waals surface area (Å²) in [5.41, 5.74) is 0.523. The van der Waals surface area contributed by atoms with Gasteiger partial charge in [0.15, 0.2) is 12.2 Å². The lowest BCUT2D eigenvalue weighted by Gasteiger charge is -2.24. The lowest BCUT2D eigenvalue weighted by atomic mass is 10.2. The molecule has 0 saturated carbocycles. The smallest absolute Gasteiger partial charge is 0.475 e. The van der Waals surface area contributed by atoms with Gasteiger partial charge in [0.2, 0.25) is 0 Å². The van der Waals surface area contributed by atoms with Crippen LogP contribution >= 0.6 is 35.1 Å². The van der Waals surface area contributed by atoms with Crippen LogP contribution in [0.15, 0.2) is 48.5 Å². The Kier molecular flexibility index (Phi) is 11.1. The molecule has 2 fully saturated rings. The predicted octanol–water partition coefficient (Wildman–Crippen LogP) is 4.82. The maximum absolute atomic E-state index is 13.2. The van der Waals surface area contributed by atoms with E-state index in [1.54, 1.807) is 36.4 Å². The lowest BCUT2D eigenvalue weighted by Crippen LogP contribution is -2.47.